The van der Waals surface area contributed by atoms with Gasteiger partial charge in [0.25, 0.3) is 0 Å². The van der Waals surface area contributed by atoms with E-state index in [0.717, 1.165) is 31.1 Å². The summed E-state index contributed by atoms with van der Waals surface area (Å²) in [5.74, 6) is 0.848. The number of para-hydroxylation sites is 1. The molecule has 0 fully saturated rings. The summed E-state index contributed by atoms with van der Waals surface area (Å²) >= 11 is 14.7. The minimum Gasteiger partial charge on any atom is -0.294 e. The summed E-state index contributed by atoms with van der Waals surface area (Å²) in [5.41, 5.74) is 4.29. The topological polar surface area (TPSA) is 17.8 Å². The lowest BCUT2D eigenvalue weighted by Gasteiger charge is -2.13. The SMILES string of the molecule is Cc1cccc2nc(C(C)Cl)n(-c3ccc(Cl)cc3I)c12. The second-order valence-electron chi connectivity index (χ2n) is 4.96. The molecular weight excluding hydrogens is 418 g/mol. The van der Waals surface area contributed by atoms with Crippen LogP contribution in [-0.2, 0) is 0 Å². The van der Waals surface area contributed by atoms with Gasteiger partial charge in [-0.05, 0) is 66.3 Å². The molecule has 1 heterocycles. The highest BCUT2D eigenvalue weighted by atomic mass is 127. The van der Waals surface area contributed by atoms with Crippen LogP contribution < -0.4 is 0 Å². The van der Waals surface area contributed by atoms with Gasteiger partial charge in [0.2, 0.25) is 0 Å². The third-order valence-corrected chi connectivity index (χ3v) is 4.70. The number of rotatable bonds is 2. The molecule has 2 nitrogen and oxygen atoms in total. The van der Waals surface area contributed by atoms with E-state index in [-0.39, 0.29) is 5.38 Å². The molecule has 2 aromatic carbocycles. The number of hydrogen-bond acceptors (Lipinski definition) is 1. The van der Waals surface area contributed by atoms with Crippen molar-refractivity contribution >= 4 is 56.8 Å². The number of aromatic nitrogens is 2. The highest BCUT2D eigenvalue weighted by Crippen LogP contribution is 2.32. The summed E-state index contributed by atoms with van der Waals surface area (Å²) in [6.45, 7) is 4.03. The zero-order valence-electron chi connectivity index (χ0n) is 11.6. The normalized spacial score (nSPS) is 12.8. The van der Waals surface area contributed by atoms with E-state index < -0.39 is 0 Å². The summed E-state index contributed by atoms with van der Waals surface area (Å²) < 4.78 is 3.21. The summed E-state index contributed by atoms with van der Waals surface area (Å²) in [5, 5.41) is 0.549. The fraction of sp³-hybridized carbons (Fsp3) is 0.188. The van der Waals surface area contributed by atoms with Gasteiger partial charge in [-0.1, -0.05) is 23.7 Å². The van der Waals surface area contributed by atoms with E-state index in [1.165, 1.54) is 5.56 Å². The van der Waals surface area contributed by atoms with Gasteiger partial charge in [0.15, 0.2) is 0 Å². The molecule has 3 rings (SSSR count). The molecule has 1 unspecified atom stereocenters. The smallest absolute Gasteiger partial charge is 0.132 e. The number of hydrogen-bond donors (Lipinski definition) is 0. The molecule has 1 atom stereocenters. The third-order valence-electron chi connectivity index (χ3n) is 3.41. The largest absolute Gasteiger partial charge is 0.294 e. The molecule has 21 heavy (non-hydrogen) atoms. The summed E-state index contributed by atoms with van der Waals surface area (Å²) in [6.07, 6.45) is 0. The van der Waals surface area contributed by atoms with Crippen molar-refractivity contribution in [1.82, 2.24) is 9.55 Å². The van der Waals surface area contributed by atoms with Crippen molar-refractivity contribution in [3.63, 3.8) is 0 Å². The van der Waals surface area contributed by atoms with Crippen LogP contribution in [0.25, 0.3) is 16.7 Å². The van der Waals surface area contributed by atoms with Crippen molar-refractivity contribution in [2.45, 2.75) is 19.2 Å². The molecule has 0 aliphatic heterocycles. The minimum atomic E-state index is -0.178. The van der Waals surface area contributed by atoms with Gasteiger partial charge in [-0.15, -0.1) is 11.6 Å². The number of nitrogens with zero attached hydrogens (tertiary/aromatic N) is 2. The van der Waals surface area contributed by atoms with Gasteiger partial charge in [-0.25, -0.2) is 4.98 Å². The lowest BCUT2D eigenvalue weighted by atomic mass is 10.2. The van der Waals surface area contributed by atoms with Crippen LogP contribution in [0, 0.1) is 10.5 Å². The van der Waals surface area contributed by atoms with Crippen LogP contribution in [0.4, 0.5) is 0 Å². The van der Waals surface area contributed by atoms with Crippen LogP contribution in [0.3, 0.4) is 0 Å². The zero-order chi connectivity index (χ0) is 15.1. The second kappa shape index (κ2) is 5.78. The van der Waals surface area contributed by atoms with E-state index in [1.54, 1.807) is 0 Å². The lowest BCUT2D eigenvalue weighted by molar-refractivity contribution is 0.879. The molecule has 108 valence electrons. The molecule has 0 bridgehead atoms. The maximum Gasteiger partial charge on any atom is 0.132 e. The van der Waals surface area contributed by atoms with E-state index in [9.17, 15) is 0 Å². The Morgan fingerprint density at radius 3 is 2.67 bits per heavy atom. The molecule has 0 N–H and O–H groups in total. The molecule has 0 saturated carbocycles. The van der Waals surface area contributed by atoms with Crippen LogP contribution in [0.5, 0.6) is 0 Å². The van der Waals surface area contributed by atoms with E-state index in [0.29, 0.717) is 0 Å². The maximum absolute atomic E-state index is 6.35. The molecule has 0 saturated heterocycles. The van der Waals surface area contributed by atoms with Crippen LogP contribution >= 0.6 is 45.8 Å². The lowest BCUT2D eigenvalue weighted by Crippen LogP contribution is -2.04. The Labute approximate surface area is 147 Å². The van der Waals surface area contributed by atoms with Crippen molar-refractivity contribution in [2.75, 3.05) is 0 Å². The van der Waals surface area contributed by atoms with Crippen LogP contribution in [0.15, 0.2) is 36.4 Å². The van der Waals surface area contributed by atoms with Gasteiger partial charge in [-0.3, -0.25) is 4.57 Å². The van der Waals surface area contributed by atoms with E-state index in [4.69, 9.17) is 28.2 Å². The van der Waals surface area contributed by atoms with Crippen LogP contribution in [0.2, 0.25) is 5.02 Å². The molecule has 5 heteroatoms. The van der Waals surface area contributed by atoms with Gasteiger partial charge < -0.3 is 0 Å². The van der Waals surface area contributed by atoms with Crippen molar-refractivity contribution in [2.24, 2.45) is 0 Å². The molecule has 1 aromatic heterocycles. The van der Waals surface area contributed by atoms with E-state index >= 15 is 0 Å². The number of aryl methyl sites for hydroxylation is 1. The minimum absolute atomic E-state index is 0.178. The molecule has 3 aromatic rings. The van der Waals surface area contributed by atoms with Gasteiger partial charge in [-0.2, -0.15) is 0 Å². The fourth-order valence-electron chi connectivity index (χ4n) is 2.49. The van der Waals surface area contributed by atoms with Gasteiger partial charge in [0.1, 0.15) is 5.82 Å². The van der Waals surface area contributed by atoms with Crippen LogP contribution in [0.1, 0.15) is 23.7 Å². The average Bonchev–Trinajstić information content (AvgIpc) is 2.80. The number of halogens is 3. The number of benzene rings is 2. The highest BCUT2D eigenvalue weighted by Gasteiger charge is 2.19. The van der Waals surface area contributed by atoms with Gasteiger partial charge >= 0.3 is 0 Å². The average molecular weight is 431 g/mol. The zero-order valence-corrected chi connectivity index (χ0v) is 15.2. The van der Waals surface area contributed by atoms with E-state index in [2.05, 4.69) is 40.1 Å². The highest BCUT2D eigenvalue weighted by molar-refractivity contribution is 14.1. The Morgan fingerprint density at radius 1 is 1.24 bits per heavy atom. The summed E-state index contributed by atoms with van der Waals surface area (Å²) in [7, 11) is 0. The second-order valence-corrected chi connectivity index (χ2v) is 7.21. The van der Waals surface area contributed by atoms with E-state index in [1.807, 2.05) is 37.3 Å². The van der Waals surface area contributed by atoms with Gasteiger partial charge in [0, 0.05) is 8.59 Å². The first-order chi connectivity index (χ1) is 9.99. The Balaban J connectivity index is 2.41. The predicted octanol–water partition coefficient (Wildman–Crippen LogP) is 5.89. The van der Waals surface area contributed by atoms with Gasteiger partial charge in [0.05, 0.1) is 22.1 Å². The number of imidazole rings is 1. The monoisotopic (exact) mass is 430 g/mol. The first-order valence-electron chi connectivity index (χ1n) is 6.56. The number of fused-ring (bicyclic) bond motifs is 1. The van der Waals surface area contributed by atoms with Crippen molar-refractivity contribution in [3.8, 4) is 5.69 Å². The van der Waals surface area contributed by atoms with Crippen LogP contribution in [-0.4, -0.2) is 9.55 Å². The predicted molar refractivity (Wildman–Crippen MR) is 97.8 cm³/mol. The quantitative estimate of drug-likeness (QED) is 0.366. The molecule has 0 spiro atoms. The molecule has 0 amide bonds. The third kappa shape index (κ3) is 2.67. The van der Waals surface area contributed by atoms with Crippen molar-refractivity contribution in [1.29, 1.82) is 0 Å². The fourth-order valence-corrected chi connectivity index (χ4v) is 3.74. The Bertz CT molecular complexity index is 825. The first kappa shape index (κ1) is 15.1. The number of alkyl halides is 1. The van der Waals surface area contributed by atoms with Crippen molar-refractivity contribution in [3.05, 3.63) is 56.4 Å². The molecule has 0 radical (unpaired) electrons. The van der Waals surface area contributed by atoms with Crippen molar-refractivity contribution < 1.29 is 0 Å². The standard InChI is InChI=1S/C16H13Cl2IN2/c1-9-4-3-5-13-15(9)21(16(20-13)10(2)17)14-7-6-11(18)8-12(14)19/h3-8,10H,1-2H3. The Hall–Kier alpha value is -0.780. The summed E-state index contributed by atoms with van der Waals surface area (Å²) in [4.78, 5) is 4.71. The summed E-state index contributed by atoms with van der Waals surface area (Å²) in [6, 6.07) is 12.0. The Kier molecular flexibility index (Phi) is 4.17. The first-order valence-corrected chi connectivity index (χ1v) is 8.46. The Morgan fingerprint density at radius 2 is 2.00 bits per heavy atom. The molecule has 0 aliphatic carbocycles. The molecular formula is C16H13Cl2IN2. The maximum atomic E-state index is 6.35. The molecule has 0 aliphatic rings.